The third-order valence-electron chi connectivity index (χ3n) is 3.41. The number of thiophene rings is 1. The van der Waals surface area contributed by atoms with Crippen molar-refractivity contribution in [2.24, 2.45) is 5.84 Å². The van der Waals surface area contributed by atoms with E-state index >= 15 is 0 Å². The van der Waals surface area contributed by atoms with E-state index in [0.29, 0.717) is 6.42 Å². The van der Waals surface area contributed by atoms with Crippen molar-refractivity contribution < 1.29 is 4.74 Å². The van der Waals surface area contributed by atoms with Crippen LogP contribution in [0.5, 0.6) is 5.75 Å². The fraction of sp³-hybridized carbons (Fsp3) is 0.357. The SMILES string of the molecule is COc1c(C)cnc(CC(NN)c2cc(Br)sc2Br)c1C. The van der Waals surface area contributed by atoms with E-state index in [0.717, 1.165) is 35.7 Å². The molecule has 4 nitrogen and oxygen atoms in total. The Morgan fingerprint density at radius 3 is 2.67 bits per heavy atom. The summed E-state index contributed by atoms with van der Waals surface area (Å²) in [6, 6.07) is 2.06. The number of pyridine rings is 1. The topological polar surface area (TPSA) is 60.2 Å². The minimum atomic E-state index is -0.0134. The molecule has 21 heavy (non-hydrogen) atoms. The van der Waals surface area contributed by atoms with Gasteiger partial charge in [-0.25, -0.2) is 0 Å². The molecule has 0 aliphatic rings. The number of halogens is 2. The van der Waals surface area contributed by atoms with E-state index in [1.165, 1.54) is 0 Å². The summed E-state index contributed by atoms with van der Waals surface area (Å²) in [6.07, 6.45) is 2.54. The van der Waals surface area contributed by atoms with Gasteiger partial charge in [0.15, 0.2) is 0 Å². The number of aryl methyl sites for hydroxylation is 1. The Morgan fingerprint density at radius 1 is 1.43 bits per heavy atom. The van der Waals surface area contributed by atoms with Gasteiger partial charge in [-0.05, 0) is 57.3 Å². The molecule has 2 aromatic rings. The van der Waals surface area contributed by atoms with Crippen LogP contribution in [0.3, 0.4) is 0 Å². The molecule has 0 amide bonds. The molecule has 0 aromatic carbocycles. The third kappa shape index (κ3) is 3.65. The van der Waals surface area contributed by atoms with E-state index in [9.17, 15) is 0 Å². The van der Waals surface area contributed by atoms with Crippen molar-refractivity contribution in [3.63, 3.8) is 0 Å². The number of nitrogens with two attached hydrogens (primary N) is 1. The molecule has 0 saturated heterocycles. The van der Waals surface area contributed by atoms with E-state index < -0.39 is 0 Å². The molecular formula is C14H17Br2N3OS. The summed E-state index contributed by atoms with van der Waals surface area (Å²) in [5, 5.41) is 0. The largest absolute Gasteiger partial charge is 0.496 e. The van der Waals surface area contributed by atoms with Gasteiger partial charge in [0.1, 0.15) is 5.75 Å². The second-order valence-electron chi connectivity index (χ2n) is 4.75. The standard InChI is InChI=1S/C14H17Br2N3OS/c1-7-6-18-10(8(2)13(7)20-3)5-11(19-17)9-4-12(15)21-14(9)16/h4,6,11,19H,5,17H2,1-3H3. The van der Waals surface area contributed by atoms with Crippen molar-refractivity contribution in [3.8, 4) is 5.75 Å². The van der Waals surface area contributed by atoms with Gasteiger partial charge in [-0.2, -0.15) is 0 Å². The highest BCUT2D eigenvalue weighted by atomic mass is 79.9. The van der Waals surface area contributed by atoms with Crippen molar-refractivity contribution in [2.45, 2.75) is 26.3 Å². The summed E-state index contributed by atoms with van der Waals surface area (Å²) in [7, 11) is 1.68. The first-order valence-electron chi connectivity index (χ1n) is 6.37. The van der Waals surface area contributed by atoms with Gasteiger partial charge in [0.2, 0.25) is 0 Å². The Morgan fingerprint density at radius 2 is 2.14 bits per heavy atom. The van der Waals surface area contributed by atoms with Gasteiger partial charge in [0.25, 0.3) is 0 Å². The average Bonchev–Trinajstić information content (AvgIpc) is 2.77. The molecule has 0 radical (unpaired) electrons. The first kappa shape index (κ1) is 16.9. The lowest BCUT2D eigenvalue weighted by atomic mass is 10.0. The predicted octanol–water partition coefficient (Wildman–Crippen LogP) is 4.04. The van der Waals surface area contributed by atoms with Crippen LogP contribution in [0.25, 0.3) is 0 Å². The number of rotatable bonds is 5. The molecule has 0 spiro atoms. The summed E-state index contributed by atoms with van der Waals surface area (Å²) >= 11 is 8.71. The molecule has 3 N–H and O–H groups in total. The molecule has 2 heterocycles. The molecule has 1 atom stereocenters. The zero-order valence-electron chi connectivity index (χ0n) is 12.0. The molecular weight excluding hydrogens is 418 g/mol. The minimum absolute atomic E-state index is 0.0134. The molecule has 0 saturated carbocycles. The van der Waals surface area contributed by atoms with Crippen LogP contribution in [0.4, 0.5) is 0 Å². The van der Waals surface area contributed by atoms with Crippen LogP contribution in [0.15, 0.2) is 19.8 Å². The van der Waals surface area contributed by atoms with Gasteiger partial charge in [-0.3, -0.25) is 16.3 Å². The number of hydrogen-bond acceptors (Lipinski definition) is 5. The van der Waals surface area contributed by atoms with Gasteiger partial charge in [0, 0.05) is 29.4 Å². The molecule has 1 unspecified atom stereocenters. The lowest BCUT2D eigenvalue weighted by Crippen LogP contribution is -2.30. The predicted molar refractivity (Wildman–Crippen MR) is 93.8 cm³/mol. The van der Waals surface area contributed by atoms with E-state index in [4.69, 9.17) is 10.6 Å². The first-order valence-corrected chi connectivity index (χ1v) is 8.78. The van der Waals surface area contributed by atoms with Crippen LogP contribution in [0.2, 0.25) is 0 Å². The van der Waals surface area contributed by atoms with Crippen molar-refractivity contribution in [2.75, 3.05) is 7.11 Å². The average molecular weight is 435 g/mol. The van der Waals surface area contributed by atoms with Gasteiger partial charge >= 0.3 is 0 Å². The highest BCUT2D eigenvalue weighted by Gasteiger charge is 2.19. The van der Waals surface area contributed by atoms with E-state index in [2.05, 4.69) is 48.3 Å². The van der Waals surface area contributed by atoms with E-state index in [1.54, 1.807) is 18.4 Å². The zero-order valence-corrected chi connectivity index (χ0v) is 16.0. The van der Waals surface area contributed by atoms with Crippen LogP contribution in [0.1, 0.15) is 28.4 Å². The molecule has 2 rings (SSSR count). The quantitative estimate of drug-likeness (QED) is 0.550. The van der Waals surface area contributed by atoms with Crippen molar-refractivity contribution >= 4 is 43.2 Å². The van der Waals surface area contributed by atoms with Gasteiger partial charge < -0.3 is 4.74 Å². The van der Waals surface area contributed by atoms with Crippen LogP contribution in [0, 0.1) is 13.8 Å². The van der Waals surface area contributed by atoms with Crippen LogP contribution >= 0.6 is 43.2 Å². The van der Waals surface area contributed by atoms with Crippen molar-refractivity contribution in [1.82, 2.24) is 10.4 Å². The summed E-state index contributed by atoms with van der Waals surface area (Å²) in [6.45, 7) is 4.02. The number of hydrazine groups is 1. The van der Waals surface area contributed by atoms with Crippen LogP contribution in [-0.4, -0.2) is 12.1 Å². The fourth-order valence-corrected chi connectivity index (χ4v) is 5.29. The van der Waals surface area contributed by atoms with Crippen molar-refractivity contribution in [1.29, 1.82) is 0 Å². The third-order valence-corrected chi connectivity index (χ3v) is 5.79. The lowest BCUT2D eigenvalue weighted by molar-refractivity contribution is 0.406. The molecule has 2 aromatic heterocycles. The number of hydrogen-bond donors (Lipinski definition) is 2. The molecule has 0 bridgehead atoms. The first-order chi connectivity index (χ1) is 9.97. The van der Waals surface area contributed by atoms with Gasteiger partial charge in [0.05, 0.1) is 20.7 Å². The zero-order chi connectivity index (χ0) is 15.6. The second-order valence-corrected chi connectivity index (χ2v) is 8.50. The van der Waals surface area contributed by atoms with Gasteiger partial charge in [-0.15, -0.1) is 11.3 Å². The second kappa shape index (κ2) is 7.19. The van der Waals surface area contributed by atoms with E-state index in [-0.39, 0.29) is 6.04 Å². The number of nitrogens with zero attached hydrogens (tertiary/aromatic N) is 1. The van der Waals surface area contributed by atoms with Crippen LogP contribution in [-0.2, 0) is 6.42 Å². The maximum absolute atomic E-state index is 5.74. The fourth-order valence-electron chi connectivity index (χ4n) is 2.32. The highest BCUT2D eigenvalue weighted by molar-refractivity contribution is 9.12. The molecule has 0 aliphatic heterocycles. The summed E-state index contributed by atoms with van der Waals surface area (Å²) in [5.41, 5.74) is 7.07. The molecule has 114 valence electrons. The minimum Gasteiger partial charge on any atom is -0.496 e. The number of nitrogens with one attached hydrogen (secondary N) is 1. The molecule has 0 aliphatic carbocycles. The Kier molecular flexibility index (Phi) is 5.79. The summed E-state index contributed by atoms with van der Waals surface area (Å²) in [4.78, 5) is 4.54. The monoisotopic (exact) mass is 433 g/mol. The number of ether oxygens (including phenoxy) is 1. The maximum atomic E-state index is 5.74. The summed E-state index contributed by atoms with van der Waals surface area (Å²) in [5.74, 6) is 6.63. The smallest absolute Gasteiger partial charge is 0.128 e. The summed E-state index contributed by atoms with van der Waals surface area (Å²) < 4.78 is 7.59. The van der Waals surface area contributed by atoms with Gasteiger partial charge in [-0.1, -0.05) is 0 Å². The van der Waals surface area contributed by atoms with E-state index in [1.807, 2.05) is 20.0 Å². The highest BCUT2D eigenvalue weighted by Crippen LogP contribution is 2.37. The Hall–Kier alpha value is -0.470. The van der Waals surface area contributed by atoms with Crippen molar-refractivity contribution in [3.05, 3.63) is 42.2 Å². The Labute approximate surface area is 145 Å². The Bertz CT molecular complexity index is 645. The lowest BCUT2D eigenvalue weighted by Gasteiger charge is -2.18. The Balaban J connectivity index is 2.33. The molecule has 7 heteroatoms. The number of aromatic nitrogens is 1. The molecule has 0 fully saturated rings. The normalized spacial score (nSPS) is 12.5. The van der Waals surface area contributed by atoms with Crippen LogP contribution < -0.4 is 16.0 Å². The number of methoxy groups -OCH3 is 1. The maximum Gasteiger partial charge on any atom is 0.128 e.